The van der Waals surface area contributed by atoms with Crippen LogP contribution >= 0.6 is 0 Å². The molecule has 0 aliphatic carbocycles. The second-order valence-corrected chi connectivity index (χ2v) is 6.15. The van der Waals surface area contributed by atoms with Gasteiger partial charge in [-0.15, -0.1) is 0 Å². The summed E-state index contributed by atoms with van der Waals surface area (Å²) in [6, 6.07) is -4.51. The molecular formula is C15H25N5O5. The molecule has 1 heterocycles. The van der Waals surface area contributed by atoms with Gasteiger partial charge < -0.3 is 26.6 Å². The Labute approximate surface area is 145 Å². The fourth-order valence-electron chi connectivity index (χ4n) is 2.02. The van der Waals surface area contributed by atoms with Crippen molar-refractivity contribution in [2.45, 2.75) is 64.8 Å². The molecule has 0 spiro atoms. The Kier molecular flexibility index (Phi) is 6.89. The average molecular weight is 355 g/mol. The van der Waals surface area contributed by atoms with Gasteiger partial charge in [0, 0.05) is 0 Å². The zero-order valence-electron chi connectivity index (χ0n) is 14.9. The lowest BCUT2D eigenvalue weighted by atomic mass is 10.2. The molecule has 1 fully saturated rings. The lowest BCUT2D eigenvalue weighted by Gasteiger charge is -2.20. The summed E-state index contributed by atoms with van der Waals surface area (Å²) in [5, 5.41) is 12.3. The minimum atomic E-state index is -0.901. The van der Waals surface area contributed by atoms with E-state index < -0.39 is 59.7 Å². The lowest BCUT2D eigenvalue weighted by molar-refractivity contribution is -0.133. The molecule has 1 aliphatic rings. The van der Waals surface area contributed by atoms with Crippen molar-refractivity contribution in [3.8, 4) is 0 Å². The average Bonchev–Trinajstić information content (AvgIpc) is 2.53. The first-order valence-electron chi connectivity index (χ1n) is 8.04. The van der Waals surface area contributed by atoms with Gasteiger partial charge in [-0.05, 0) is 34.6 Å². The van der Waals surface area contributed by atoms with Crippen LogP contribution in [0.4, 0.5) is 0 Å². The highest BCUT2D eigenvalue weighted by molar-refractivity contribution is 5.97. The molecule has 5 amide bonds. The molecule has 1 saturated heterocycles. The van der Waals surface area contributed by atoms with Gasteiger partial charge >= 0.3 is 0 Å². The molecule has 1 aliphatic heterocycles. The standard InChI is InChI=1S/C15H25N5O5/c1-6-11(21)17-8(3)13(23)19-10(5)15(25)20-9(4)14(24)18-7(2)12(22)16-6/h6-10H,1-5H3,(H,16,22)(H,17,21)(H,18,24)(H,19,23)(H,20,25)/t6-,7-,8-,9-,10-/m0/s1. The highest BCUT2D eigenvalue weighted by atomic mass is 16.2. The summed E-state index contributed by atoms with van der Waals surface area (Å²) in [7, 11) is 0. The predicted octanol–water partition coefficient (Wildman–Crippen LogP) is -2.48. The SMILES string of the molecule is C[C@@H]1NC(=O)[C@H](C)NC(=O)[C@H](C)NC(=O)[C@H](C)NC(=O)[C@H](C)NC1=O. The molecule has 140 valence electrons. The molecular weight excluding hydrogens is 330 g/mol. The Hall–Kier alpha value is -2.65. The first kappa shape index (κ1) is 20.4. The van der Waals surface area contributed by atoms with Crippen molar-refractivity contribution in [3.05, 3.63) is 0 Å². The Morgan fingerprint density at radius 1 is 0.400 bits per heavy atom. The maximum Gasteiger partial charge on any atom is 0.242 e. The van der Waals surface area contributed by atoms with Crippen LogP contribution in [0.5, 0.6) is 0 Å². The zero-order chi connectivity index (χ0) is 19.3. The quantitative estimate of drug-likeness (QED) is 0.327. The largest absolute Gasteiger partial charge is 0.343 e. The van der Waals surface area contributed by atoms with Crippen molar-refractivity contribution < 1.29 is 24.0 Å². The van der Waals surface area contributed by atoms with Crippen molar-refractivity contribution in [2.24, 2.45) is 0 Å². The van der Waals surface area contributed by atoms with Crippen LogP contribution in [0.1, 0.15) is 34.6 Å². The van der Waals surface area contributed by atoms with Gasteiger partial charge in [0.15, 0.2) is 0 Å². The predicted molar refractivity (Wildman–Crippen MR) is 88.0 cm³/mol. The Bertz CT molecular complexity index is 463. The van der Waals surface area contributed by atoms with E-state index >= 15 is 0 Å². The van der Waals surface area contributed by atoms with Gasteiger partial charge in [-0.25, -0.2) is 0 Å². The van der Waals surface area contributed by atoms with Crippen LogP contribution in [-0.2, 0) is 24.0 Å². The third-order valence-corrected chi connectivity index (χ3v) is 3.76. The molecule has 5 atom stereocenters. The van der Waals surface area contributed by atoms with Gasteiger partial charge in [-0.1, -0.05) is 0 Å². The van der Waals surface area contributed by atoms with E-state index in [1.807, 2.05) is 0 Å². The van der Waals surface area contributed by atoms with E-state index in [0.717, 1.165) is 0 Å². The summed E-state index contributed by atoms with van der Waals surface area (Å²) in [5.41, 5.74) is 0. The summed E-state index contributed by atoms with van der Waals surface area (Å²) < 4.78 is 0. The molecule has 0 aromatic heterocycles. The Morgan fingerprint density at radius 3 is 0.640 bits per heavy atom. The normalized spacial score (nSPS) is 33.0. The first-order valence-corrected chi connectivity index (χ1v) is 8.04. The van der Waals surface area contributed by atoms with Crippen molar-refractivity contribution in [2.75, 3.05) is 0 Å². The van der Waals surface area contributed by atoms with Crippen LogP contribution in [-0.4, -0.2) is 59.7 Å². The van der Waals surface area contributed by atoms with Crippen LogP contribution in [0.15, 0.2) is 0 Å². The Balaban J connectivity index is 3.01. The number of nitrogens with one attached hydrogen (secondary N) is 5. The fraction of sp³-hybridized carbons (Fsp3) is 0.667. The molecule has 0 radical (unpaired) electrons. The van der Waals surface area contributed by atoms with Gasteiger partial charge in [-0.3, -0.25) is 24.0 Å². The number of carbonyl (C=O) groups excluding carboxylic acids is 5. The molecule has 0 saturated carbocycles. The minimum absolute atomic E-state index is 0.560. The van der Waals surface area contributed by atoms with Gasteiger partial charge in [0.2, 0.25) is 29.5 Å². The number of amides is 5. The van der Waals surface area contributed by atoms with Crippen molar-refractivity contribution in [1.29, 1.82) is 0 Å². The third kappa shape index (κ3) is 5.73. The number of carbonyl (C=O) groups is 5. The summed E-state index contributed by atoms with van der Waals surface area (Å²) in [6.07, 6.45) is 0. The smallest absolute Gasteiger partial charge is 0.242 e. The topological polar surface area (TPSA) is 146 Å². The minimum Gasteiger partial charge on any atom is -0.343 e. The molecule has 5 N–H and O–H groups in total. The number of hydrogen-bond donors (Lipinski definition) is 5. The number of hydrogen-bond acceptors (Lipinski definition) is 5. The van der Waals surface area contributed by atoms with Gasteiger partial charge in [-0.2, -0.15) is 0 Å². The molecule has 1 rings (SSSR count). The molecule has 0 bridgehead atoms. The molecule has 10 nitrogen and oxygen atoms in total. The van der Waals surface area contributed by atoms with E-state index in [-0.39, 0.29) is 0 Å². The summed E-state index contributed by atoms with van der Waals surface area (Å²) in [5.74, 6) is -2.80. The van der Waals surface area contributed by atoms with Gasteiger partial charge in [0.1, 0.15) is 30.2 Å². The molecule has 0 unspecified atom stereocenters. The van der Waals surface area contributed by atoms with Crippen molar-refractivity contribution in [3.63, 3.8) is 0 Å². The molecule has 0 aromatic carbocycles. The molecule has 10 heteroatoms. The maximum atomic E-state index is 12.0. The van der Waals surface area contributed by atoms with Crippen molar-refractivity contribution >= 4 is 29.5 Å². The second-order valence-electron chi connectivity index (χ2n) is 6.15. The molecule has 25 heavy (non-hydrogen) atoms. The first-order chi connectivity index (χ1) is 11.5. The number of rotatable bonds is 0. The maximum absolute atomic E-state index is 12.0. The van der Waals surface area contributed by atoms with Gasteiger partial charge in [0.25, 0.3) is 0 Å². The summed E-state index contributed by atoms with van der Waals surface area (Å²) in [6.45, 7) is 7.30. The van der Waals surface area contributed by atoms with Crippen LogP contribution in [0.3, 0.4) is 0 Å². The van der Waals surface area contributed by atoms with Gasteiger partial charge in [0.05, 0.1) is 0 Å². The summed E-state index contributed by atoms with van der Waals surface area (Å²) in [4.78, 5) is 60.2. The second kappa shape index (κ2) is 8.45. The van der Waals surface area contributed by atoms with Crippen LogP contribution in [0, 0.1) is 0 Å². The van der Waals surface area contributed by atoms with E-state index in [1.165, 1.54) is 34.6 Å². The van der Waals surface area contributed by atoms with E-state index in [0.29, 0.717) is 0 Å². The van der Waals surface area contributed by atoms with E-state index in [2.05, 4.69) is 26.6 Å². The Morgan fingerprint density at radius 2 is 0.520 bits per heavy atom. The monoisotopic (exact) mass is 355 g/mol. The van der Waals surface area contributed by atoms with E-state index in [4.69, 9.17) is 0 Å². The molecule has 0 aromatic rings. The lowest BCUT2D eigenvalue weighted by Crippen LogP contribution is -2.55. The van der Waals surface area contributed by atoms with Crippen molar-refractivity contribution in [1.82, 2.24) is 26.6 Å². The summed E-state index contributed by atoms with van der Waals surface area (Å²) >= 11 is 0. The van der Waals surface area contributed by atoms with Crippen LogP contribution in [0.25, 0.3) is 0 Å². The van der Waals surface area contributed by atoms with E-state index in [9.17, 15) is 24.0 Å². The third-order valence-electron chi connectivity index (χ3n) is 3.76. The van der Waals surface area contributed by atoms with Crippen LogP contribution < -0.4 is 26.6 Å². The van der Waals surface area contributed by atoms with E-state index in [1.54, 1.807) is 0 Å². The highest BCUT2D eigenvalue weighted by Crippen LogP contribution is 1.95. The highest BCUT2D eigenvalue weighted by Gasteiger charge is 2.28. The zero-order valence-corrected chi connectivity index (χ0v) is 14.9. The van der Waals surface area contributed by atoms with Crippen LogP contribution in [0.2, 0.25) is 0 Å². The fourth-order valence-corrected chi connectivity index (χ4v) is 2.02.